The summed E-state index contributed by atoms with van der Waals surface area (Å²) in [5.74, 6) is -0.0734. The van der Waals surface area contributed by atoms with Gasteiger partial charge in [-0.2, -0.15) is 18.3 Å². The van der Waals surface area contributed by atoms with E-state index in [1.807, 2.05) is 5.10 Å². The highest BCUT2D eigenvalue weighted by molar-refractivity contribution is 7.90. The Morgan fingerprint density at radius 1 is 1.30 bits per heavy atom. The summed E-state index contributed by atoms with van der Waals surface area (Å²) in [5.41, 5.74) is -1.72. The van der Waals surface area contributed by atoms with Gasteiger partial charge in [0.1, 0.15) is 11.8 Å². The van der Waals surface area contributed by atoms with Crippen LogP contribution in [0.4, 0.5) is 19.0 Å². The third-order valence-corrected chi connectivity index (χ3v) is 5.62. The quantitative estimate of drug-likeness (QED) is 0.707. The Bertz CT molecular complexity index is 904. The van der Waals surface area contributed by atoms with E-state index >= 15 is 0 Å². The van der Waals surface area contributed by atoms with E-state index in [9.17, 15) is 26.7 Å². The Hall–Kier alpha value is -2.14. The zero-order valence-electron chi connectivity index (χ0n) is 14.4. The number of alkyl halides is 3. The highest BCUT2D eigenvalue weighted by atomic mass is 32.2. The number of rotatable bonds is 5. The second-order valence-electron chi connectivity index (χ2n) is 6.58. The molecule has 0 aromatic carbocycles. The van der Waals surface area contributed by atoms with Crippen molar-refractivity contribution in [2.24, 2.45) is 0 Å². The summed E-state index contributed by atoms with van der Waals surface area (Å²) in [5, 5.41) is 19.2. The number of hydrogen-bond acceptors (Lipinski definition) is 6. The second kappa shape index (κ2) is 7.12. The van der Waals surface area contributed by atoms with Gasteiger partial charge in [0, 0.05) is 18.5 Å². The van der Waals surface area contributed by atoms with E-state index in [4.69, 9.17) is 0 Å². The first kappa shape index (κ1) is 19.6. The van der Waals surface area contributed by atoms with Crippen molar-refractivity contribution < 1.29 is 26.7 Å². The molecule has 3 rings (SSSR count). The van der Waals surface area contributed by atoms with Gasteiger partial charge in [-0.1, -0.05) is 12.8 Å². The first-order valence-electron chi connectivity index (χ1n) is 8.33. The topological polar surface area (TPSA) is 108 Å². The minimum Gasteiger partial charge on any atom is -0.382 e. The van der Waals surface area contributed by atoms with Crippen molar-refractivity contribution in [1.29, 1.82) is 0 Å². The molecule has 27 heavy (non-hydrogen) atoms. The number of nitrogens with zero attached hydrogens (tertiary/aromatic N) is 2. The zero-order valence-corrected chi connectivity index (χ0v) is 15.2. The van der Waals surface area contributed by atoms with Gasteiger partial charge in [-0.25, -0.2) is 8.42 Å². The van der Waals surface area contributed by atoms with E-state index in [0.717, 1.165) is 38.1 Å². The predicted octanol–water partition coefficient (Wildman–Crippen LogP) is 2.66. The second-order valence-corrected chi connectivity index (χ2v) is 8.59. The number of aromatic amines is 1. The number of hydrogen-bond donors (Lipinski definition) is 3. The van der Waals surface area contributed by atoms with Gasteiger partial charge in [-0.05, 0) is 25.0 Å². The highest BCUT2D eigenvalue weighted by Gasteiger charge is 2.40. The summed E-state index contributed by atoms with van der Waals surface area (Å²) < 4.78 is 63.1. The fraction of sp³-hybridized carbons (Fsp3) is 0.500. The number of H-pyrrole nitrogens is 1. The van der Waals surface area contributed by atoms with Gasteiger partial charge >= 0.3 is 6.18 Å². The minimum absolute atomic E-state index is 0.0131. The number of aliphatic hydroxyl groups excluding tert-OH is 1. The molecule has 1 unspecified atom stereocenters. The summed E-state index contributed by atoms with van der Waals surface area (Å²) in [7, 11) is -3.51. The van der Waals surface area contributed by atoms with Gasteiger partial charge in [0.05, 0.1) is 16.2 Å². The van der Waals surface area contributed by atoms with Crippen LogP contribution < -0.4 is 5.32 Å². The molecule has 2 heterocycles. The van der Waals surface area contributed by atoms with Crippen molar-refractivity contribution in [3.8, 4) is 0 Å². The normalized spacial score (nSPS) is 17.2. The smallest absolute Gasteiger partial charge is 0.382 e. The molecule has 148 valence electrons. The van der Waals surface area contributed by atoms with E-state index in [2.05, 4.69) is 15.4 Å². The lowest BCUT2D eigenvalue weighted by atomic mass is 10.0. The van der Waals surface area contributed by atoms with E-state index < -0.39 is 33.4 Å². The maximum Gasteiger partial charge on any atom is 0.433 e. The molecule has 0 spiro atoms. The van der Waals surface area contributed by atoms with Crippen LogP contribution >= 0.6 is 0 Å². The van der Waals surface area contributed by atoms with Crippen LogP contribution in [0.2, 0.25) is 0 Å². The molecule has 0 amide bonds. The van der Waals surface area contributed by atoms with Crippen molar-refractivity contribution in [1.82, 2.24) is 15.2 Å². The molecule has 0 aliphatic heterocycles. The van der Waals surface area contributed by atoms with Crippen LogP contribution in [0.15, 0.2) is 23.2 Å². The fourth-order valence-corrected chi connectivity index (χ4v) is 3.69. The lowest BCUT2D eigenvalue weighted by Gasteiger charge is -2.17. The molecule has 0 radical (unpaired) electrons. The highest BCUT2D eigenvalue weighted by Crippen LogP contribution is 2.39. The molecule has 0 bridgehead atoms. The molecule has 1 aliphatic rings. The van der Waals surface area contributed by atoms with Crippen LogP contribution in [0.25, 0.3) is 0 Å². The van der Waals surface area contributed by atoms with Crippen molar-refractivity contribution >= 4 is 15.7 Å². The van der Waals surface area contributed by atoms with Crippen LogP contribution in [0.5, 0.6) is 0 Å². The van der Waals surface area contributed by atoms with Crippen molar-refractivity contribution in [3.05, 3.63) is 35.3 Å². The Morgan fingerprint density at radius 2 is 1.96 bits per heavy atom. The molecular formula is C16H19F3N4O3S. The zero-order chi connectivity index (χ0) is 19.8. The minimum atomic E-state index is -4.74. The maximum atomic E-state index is 13.4. The average molecular weight is 404 g/mol. The molecule has 1 atom stereocenters. The predicted molar refractivity (Wildman–Crippen MR) is 90.9 cm³/mol. The molecule has 7 nitrogen and oxygen atoms in total. The lowest BCUT2D eigenvalue weighted by molar-refractivity contribution is -0.142. The largest absolute Gasteiger partial charge is 0.433 e. The molecule has 1 aliphatic carbocycles. The third kappa shape index (κ3) is 4.24. The van der Waals surface area contributed by atoms with E-state index in [-0.39, 0.29) is 22.4 Å². The number of nitrogens with one attached hydrogen (secondary N) is 2. The Labute approximate surface area is 153 Å². The van der Waals surface area contributed by atoms with Crippen LogP contribution in [0.3, 0.4) is 0 Å². The van der Waals surface area contributed by atoms with Gasteiger partial charge in [0.2, 0.25) is 0 Å². The molecule has 1 saturated carbocycles. The number of anilines is 1. The summed E-state index contributed by atoms with van der Waals surface area (Å²) in [6, 6.07) is 2.37. The van der Waals surface area contributed by atoms with Crippen molar-refractivity contribution in [2.45, 2.75) is 48.9 Å². The summed E-state index contributed by atoms with van der Waals surface area (Å²) in [6.45, 7) is 0. The SMILES string of the molecule is CS(=O)(=O)c1ccc(C(O)c2c(NC3CCCC3)n[nH]c2C(F)(F)F)nc1. The summed E-state index contributed by atoms with van der Waals surface area (Å²) in [6.07, 6.45) is -0.909. The molecule has 2 aromatic rings. The summed E-state index contributed by atoms with van der Waals surface area (Å²) >= 11 is 0. The number of aromatic nitrogens is 3. The Kier molecular flexibility index (Phi) is 5.17. The van der Waals surface area contributed by atoms with Crippen LogP contribution in [-0.4, -0.2) is 41.0 Å². The summed E-state index contributed by atoms with van der Waals surface area (Å²) in [4.78, 5) is 3.74. The van der Waals surface area contributed by atoms with Gasteiger partial charge in [0.25, 0.3) is 0 Å². The van der Waals surface area contributed by atoms with Crippen LogP contribution in [0, 0.1) is 0 Å². The molecule has 11 heteroatoms. The average Bonchev–Trinajstić information content (AvgIpc) is 3.23. The van der Waals surface area contributed by atoms with Crippen molar-refractivity contribution in [2.75, 3.05) is 11.6 Å². The van der Waals surface area contributed by atoms with Crippen LogP contribution in [0.1, 0.15) is 48.7 Å². The van der Waals surface area contributed by atoms with Gasteiger partial charge in [-0.15, -0.1) is 0 Å². The Morgan fingerprint density at radius 3 is 2.48 bits per heavy atom. The third-order valence-electron chi connectivity index (χ3n) is 4.52. The fourth-order valence-electron chi connectivity index (χ4n) is 3.13. The lowest BCUT2D eigenvalue weighted by Crippen LogP contribution is -2.18. The van der Waals surface area contributed by atoms with Gasteiger partial charge in [-0.3, -0.25) is 10.1 Å². The standard InChI is InChI=1S/C16H19F3N4O3S/c1-27(25,26)10-6-7-11(20-8-10)13(24)12-14(16(17,18)19)22-23-15(12)21-9-4-2-3-5-9/h6-9,13,24H,2-5H2,1H3,(H2,21,22,23). The van der Waals surface area contributed by atoms with Crippen molar-refractivity contribution in [3.63, 3.8) is 0 Å². The molecular weight excluding hydrogens is 385 g/mol. The maximum absolute atomic E-state index is 13.4. The molecule has 0 saturated heterocycles. The van der Waals surface area contributed by atoms with E-state index in [1.54, 1.807) is 0 Å². The van der Waals surface area contributed by atoms with Gasteiger partial charge in [0.15, 0.2) is 15.7 Å². The van der Waals surface area contributed by atoms with Crippen LogP contribution in [-0.2, 0) is 16.0 Å². The molecule has 3 N–H and O–H groups in total. The molecule has 1 fully saturated rings. The number of aliphatic hydroxyl groups is 1. The number of pyridine rings is 1. The van der Waals surface area contributed by atoms with E-state index in [1.165, 1.54) is 12.1 Å². The van der Waals surface area contributed by atoms with Gasteiger partial charge < -0.3 is 10.4 Å². The molecule has 2 aromatic heterocycles. The monoisotopic (exact) mass is 404 g/mol. The number of halogens is 3. The number of sulfone groups is 1. The Balaban J connectivity index is 1.98. The first-order chi connectivity index (χ1) is 12.6. The first-order valence-corrected chi connectivity index (χ1v) is 10.2. The van der Waals surface area contributed by atoms with E-state index in [0.29, 0.717) is 0 Å².